The molecule has 0 aromatic heterocycles. The Hall–Kier alpha value is -0.630. The van der Waals surface area contributed by atoms with E-state index in [9.17, 15) is 9.90 Å². The standard InChI is InChI=1S/C10H16O2/c1-2-3-9-6-8(7-11)4-5-10(9)12/h2,7-10,12H,1,3-6H2. The van der Waals surface area contributed by atoms with Crippen LogP contribution in [0.1, 0.15) is 25.7 Å². The van der Waals surface area contributed by atoms with Crippen LogP contribution in [-0.4, -0.2) is 17.5 Å². The van der Waals surface area contributed by atoms with Crippen molar-refractivity contribution in [3.63, 3.8) is 0 Å². The van der Waals surface area contributed by atoms with Crippen molar-refractivity contribution < 1.29 is 9.90 Å². The van der Waals surface area contributed by atoms with Crippen LogP contribution < -0.4 is 0 Å². The second kappa shape index (κ2) is 4.41. The summed E-state index contributed by atoms with van der Waals surface area (Å²) in [7, 11) is 0. The molecule has 0 spiro atoms. The fourth-order valence-corrected chi connectivity index (χ4v) is 1.88. The van der Waals surface area contributed by atoms with Crippen LogP contribution in [0.5, 0.6) is 0 Å². The summed E-state index contributed by atoms with van der Waals surface area (Å²) in [6.45, 7) is 3.64. The highest BCUT2D eigenvalue weighted by molar-refractivity contribution is 5.53. The molecule has 1 saturated carbocycles. The molecule has 2 heteroatoms. The van der Waals surface area contributed by atoms with Crippen LogP contribution in [0, 0.1) is 11.8 Å². The number of rotatable bonds is 3. The molecule has 0 heterocycles. The molecule has 0 aromatic rings. The van der Waals surface area contributed by atoms with E-state index < -0.39 is 0 Å². The fraction of sp³-hybridized carbons (Fsp3) is 0.700. The third-order valence-corrected chi connectivity index (χ3v) is 2.64. The van der Waals surface area contributed by atoms with Crippen molar-refractivity contribution in [2.24, 2.45) is 11.8 Å². The van der Waals surface area contributed by atoms with Crippen LogP contribution in [0.2, 0.25) is 0 Å². The first-order valence-electron chi connectivity index (χ1n) is 4.52. The predicted octanol–water partition coefficient (Wildman–Crippen LogP) is 1.54. The van der Waals surface area contributed by atoms with Gasteiger partial charge in [-0.05, 0) is 31.6 Å². The maximum absolute atomic E-state index is 10.5. The molecule has 0 aromatic carbocycles. The zero-order valence-corrected chi connectivity index (χ0v) is 7.28. The minimum Gasteiger partial charge on any atom is -0.393 e. The Morgan fingerprint density at radius 1 is 1.50 bits per heavy atom. The van der Waals surface area contributed by atoms with Crippen molar-refractivity contribution in [1.29, 1.82) is 0 Å². The van der Waals surface area contributed by atoms with Crippen LogP contribution in [0.25, 0.3) is 0 Å². The van der Waals surface area contributed by atoms with Gasteiger partial charge in [0, 0.05) is 5.92 Å². The average Bonchev–Trinajstić information content (AvgIpc) is 2.09. The summed E-state index contributed by atoms with van der Waals surface area (Å²) in [5.41, 5.74) is 0. The minimum absolute atomic E-state index is 0.165. The molecule has 0 radical (unpaired) electrons. The average molecular weight is 168 g/mol. The van der Waals surface area contributed by atoms with E-state index in [0.29, 0.717) is 0 Å². The molecule has 0 saturated heterocycles. The molecular formula is C10H16O2. The molecule has 0 aliphatic heterocycles. The number of carbonyl (C=O) groups excluding carboxylic acids is 1. The molecule has 68 valence electrons. The summed E-state index contributed by atoms with van der Waals surface area (Å²) >= 11 is 0. The highest BCUT2D eigenvalue weighted by Gasteiger charge is 2.27. The van der Waals surface area contributed by atoms with Gasteiger partial charge in [0.15, 0.2) is 0 Å². The van der Waals surface area contributed by atoms with E-state index in [4.69, 9.17) is 0 Å². The summed E-state index contributed by atoms with van der Waals surface area (Å²) in [5.74, 6) is 0.421. The van der Waals surface area contributed by atoms with Gasteiger partial charge < -0.3 is 9.90 Å². The number of hydrogen-bond acceptors (Lipinski definition) is 2. The first-order valence-corrected chi connectivity index (χ1v) is 4.52. The maximum atomic E-state index is 10.5. The second-order valence-electron chi connectivity index (χ2n) is 3.56. The van der Waals surface area contributed by atoms with Crippen LogP contribution in [0.4, 0.5) is 0 Å². The Balaban J connectivity index is 2.46. The molecule has 1 aliphatic rings. The molecule has 1 rings (SSSR count). The van der Waals surface area contributed by atoms with Gasteiger partial charge >= 0.3 is 0 Å². The number of aliphatic hydroxyl groups excluding tert-OH is 1. The van der Waals surface area contributed by atoms with E-state index in [-0.39, 0.29) is 17.9 Å². The van der Waals surface area contributed by atoms with E-state index in [2.05, 4.69) is 6.58 Å². The van der Waals surface area contributed by atoms with E-state index in [1.54, 1.807) is 0 Å². The largest absolute Gasteiger partial charge is 0.393 e. The van der Waals surface area contributed by atoms with Gasteiger partial charge in [0.25, 0.3) is 0 Å². The lowest BCUT2D eigenvalue weighted by atomic mass is 9.78. The summed E-state index contributed by atoms with van der Waals surface area (Å²) in [6, 6.07) is 0. The SMILES string of the molecule is C=CCC1CC(C=O)CCC1O. The van der Waals surface area contributed by atoms with E-state index in [1.807, 2.05) is 6.08 Å². The Morgan fingerprint density at radius 2 is 2.25 bits per heavy atom. The molecule has 1 fully saturated rings. The fourth-order valence-electron chi connectivity index (χ4n) is 1.88. The molecule has 3 unspecified atom stereocenters. The molecule has 3 atom stereocenters. The monoisotopic (exact) mass is 168 g/mol. The van der Waals surface area contributed by atoms with Crippen LogP contribution >= 0.6 is 0 Å². The van der Waals surface area contributed by atoms with Gasteiger partial charge in [-0.15, -0.1) is 6.58 Å². The predicted molar refractivity (Wildman–Crippen MR) is 47.7 cm³/mol. The van der Waals surface area contributed by atoms with Crippen LogP contribution in [0.3, 0.4) is 0 Å². The molecule has 2 nitrogen and oxygen atoms in total. The summed E-state index contributed by atoms with van der Waals surface area (Å²) in [6.07, 6.45) is 5.88. The molecule has 0 amide bonds. The van der Waals surface area contributed by atoms with Crippen LogP contribution in [0.15, 0.2) is 12.7 Å². The van der Waals surface area contributed by atoms with E-state index in [0.717, 1.165) is 32.0 Å². The lowest BCUT2D eigenvalue weighted by Crippen LogP contribution is -2.29. The Labute approximate surface area is 73.3 Å². The van der Waals surface area contributed by atoms with Gasteiger partial charge in [-0.1, -0.05) is 6.08 Å². The topological polar surface area (TPSA) is 37.3 Å². The van der Waals surface area contributed by atoms with Gasteiger partial charge in [0.05, 0.1) is 6.10 Å². The van der Waals surface area contributed by atoms with Crippen molar-refractivity contribution in [3.8, 4) is 0 Å². The molecule has 1 N–H and O–H groups in total. The van der Waals surface area contributed by atoms with Crippen molar-refractivity contribution >= 4 is 6.29 Å². The Bertz CT molecular complexity index is 165. The first-order chi connectivity index (χ1) is 5.77. The Morgan fingerprint density at radius 3 is 2.83 bits per heavy atom. The summed E-state index contributed by atoms with van der Waals surface area (Å²) in [5, 5.41) is 9.55. The van der Waals surface area contributed by atoms with Gasteiger partial charge in [0.2, 0.25) is 0 Å². The molecule has 12 heavy (non-hydrogen) atoms. The van der Waals surface area contributed by atoms with Gasteiger partial charge in [-0.2, -0.15) is 0 Å². The maximum Gasteiger partial charge on any atom is 0.123 e. The van der Waals surface area contributed by atoms with Crippen LogP contribution in [-0.2, 0) is 4.79 Å². The third kappa shape index (κ3) is 2.18. The lowest BCUT2D eigenvalue weighted by Gasteiger charge is -2.30. The van der Waals surface area contributed by atoms with Gasteiger partial charge in [0.1, 0.15) is 6.29 Å². The van der Waals surface area contributed by atoms with Gasteiger partial charge in [-0.25, -0.2) is 0 Å². The minimum atomic E-state index is -0.223. The zero-order valence-electron chi connectivity index (χ0n) is 7.28. The Kier molecular flexibility index (Phi) is 3.48. The number of carbonyl (C=O) groups is 1. The van der Waals surface area contributed by atoms with Crippen molar-refractivity contribution in [3.05, 3.63) is 12.7 Å². The summed E-state index contributed by atoms with van der Waals surface area (Å²) < 4.78 is 0. The summed E-state index contributed by atoms with van der Waals surface area (Å²) in [4.78, 5) is 10.5. The zero-order chi connectivity index (χ0) is 8.97. The molecular weight excluding hydrogens is 152 g/mol. The van der Waals surface area contributed by atoms with E-state index in [1.165, 1.54) is 0 Å². The quantitative estimate of drug-likeness (QED) is 0.512. The van der Waals surface area contributed by atoms with E-state index >= 15 is 0 Å². The third-order valence-electron chi connectivity index (χ3n) is 2.64. The highest BCUT2D eigenvalue weighted by atomic mass is 16.3. The van der Waals surface area contributed by atoms with Crippen molar-refractivity contribution in [1.82, 2.24) is 0 Å². The smallest absolute Gasteiger partial charge is 0.123 e. The number of aliphatic hydroxyl groups is 1. The normalized spacial score (nSPS) is 35.9. The first kappa shape index (κ1) is 9.46. The van der Waals surface area contributed by atoms with Crippen molar-refractivity contribution in [2.45, 2.75) is 31.8 Å². The number of hydrogen-bond donors (Lipinski definition) is 1. The lowest BCUT2D eigenvalue weighted by molar-refractivity contribution is -0.113. The van der Waals surface area contributed by atoms with Crippen molar-refractivity contribution in [2.75, 3.05) is 0 Å². The molecule has 1 aliphatic carbocycles. The molecule has 0 bridgehead atoms. The number of aldehydes is 1. The van der Waals surface area contributed by atoms with Gasteiger partial charge in [-0.3, -0.25) is 0 Å². The number of allylic oxidation sites excluding steroid dienone is 1. The second-order valence-corrected chi connectivity index (χ2v) is 3.56. The highest BCUT2D eigenvalue weighted by Crippen LogP contribution is 2.30.